The summed E-state index contributed by atoms with van der Waals surface area (Å²) >= 11 is 0. The highest BCUT2D eigenvalue weighted by molar-refractivity contribution is 5.68. The Morgan fingerprint density at radius 3 is 3.17 bits per heavy atom. The van der Waals surface area contributed by atoms with Crippen molar-refractivity contribution in [3.63, 3.8) is 0 Å². The molecule has 2 heterocycles. The Morgan fingerprint density at radius 2 is 2.33 bits per heavy atom. The fourth-order valence-corrected chi connectivity index (χ4v) is 1.66. The van der Waals surface area contributed by atoms with Crippen molar-refractivity contribution in [3.8, 4) is 0 Å². The lowest BCUT2D eigenvalue weighted by Crippen LogP contribution is -2.35. The van der Waals surface area contributed by atoms with E-state index in [1.807, 2.05) is 12.3 Å². The molecule has 2 aliphatic rings. The van der Waals surface area contributed by atoms with Gasteiger partial charge in [0.05, 0.1) is 11.2 Å². The standard InChI is InChI=1S/C9H11N3/c1-2-7-8(10-5-1)12-9(3-4-9)6-11-7/h1-2,5,11H,3-4,6H2,(H,10,12). The van der Waals surface area contributed by atoms with Gasteiger partial charge in [-0.05, 0) is 25.0 Å². The summed E-state index contributed by atoms with van der Waals surface area (Å²) in [6.45, 7) is 1.05. The predicted octanol–water partition coefficient (Wildman–Crippen LogP) is 1.45. The van der Waals surface area contributed by atoms with Crippen molar-refractivity contribution in [1.82, 2.24) is 4.98 Å². The van der Waals surface area contributed by atoms with E-state index >= 15 is 0 Å². The number of nitrogens with zero attached hydrogens (tertiary/aromatic N) is 1. The Bertz CT molecular complexity index is 317. The van der Waals surface area contributed by atoms with Gasteiger partial charge in [-0.2, -0.15) is 0 Å². The highest BCUT2D eigenvalue weighted by Gasteiger charge is 2.45. The maximum Gasteiger partial charge on any atom is 0.149 e. The van der Waals surface area contributed by atoms with Gasteiger partial charge in [0, 0.05) is 12.7 Å². The fraction of sp³-hybridized carbons (Fsp3) is 0.444. The lowest BCUT2D eigenvalue weighted by atomic mass is 10.2. The first-order valence-corrected chi connectivity index (χ1v) is 4.35. The highest BCUT2D eigenvalue weighted by Crippen LogP contribution is 2.42. The second kappa shape index (κ2) is 1.91. The smallest absolute Gasteiger partial charge is 0.149 e. The van der Waals surface area contributed by atoms with Gasteiger partial charge in [-0.15, -0.1) is 0 Å². The molecule has 1 saturated carbocycles. The molecule has 0 atom stereocenters. The molecular formula is C9H11N3. The molecule has 3 rings (SSSR count). The van der Waals surface area contributed by atoms with Crippen molar-refractivity contribution >= 4 is 11.5 Å². The van der Waals surface area contributed by atoms with Crippen LogP contribution in [0.2, 0.25) is 0 Å². The number of aromatic nitrogens is 1. The van der Waals surface area contributed by atoms with Gasteiger partial charge >= 0.3 is 0 Å². The summed E-state index contributed by atoms with van der Waals surface area (Å²) in [7, 11) is 0. The maximum atomic E-state index is 4.28. The summed E-state index contributed by atoms with van der Waals surface area (Å²) in [5.74, 6) is 1.02. The van der Waals surface area contributed by atoms with Crippen LogP contribution >= 0.6 is 0 Å². The lowest BCUT2D eigenvalue weighted by Gasteiger charge is -2.26. The predicted molar refractivity (Wildman–Crippen MR) is 48.3 cm³/mol. The molecule has 0 unspecified atom stereocenters. The van der Waals surface area contributed by atoms with E-state index < -0.39 is 0 Å². The van der Waals surface area contributed by atoms with Gasteiger partial charge in [-0.1, -0.05) is 0 Å². The number of anilines is 2. The van der Waals surface area contributed by atoms with Gasteiger partial charge < -0.3 is 10.6 Å². The molecule has 0 radical (unpaired) electrons. The van der Waals surface area contributed by atoms with Gasteiger partial charge in [0.25, 0.3) is 0 Å². The lowest BCUT2D eigenvalue weighted by molar-refractivity contribution is 0.747. The normalized spacial score (nSPS) is 22.3. The summed E-state index contributed by atoms with van der Waals surface area (Å²) in [4.78, 5) is 4.28. The monoisotopic (exact) mass is 161 g/mol. The Hall–Kier alpha value is -1.25. The minimum atomic E-state index is 0.349. The van der Waals surface area contributed by atoms with E-state index in [1.165, 1.54) is 12.8 Å². The zero-order valence-electron chi connectivity index (χ0n) is 6.80. The summed E-state index contributed by atoms with van der Waals surface area (Å²) in [6.07, 6.45) is 4.38. The van der Waals surface area contributed by atoms with E-state index in [2.05, 4.69) is 21.7 Å². The molecule has 1 aliphatic heterocycles. The Labute approximate surface area is 71.2 Å². The number of hydrogen-bond donors (Lipinski definition) is 2. The molecule has 1 spiro atoms. The van der Waals surface area contributed by atoms with Crippen LogP contribution in [0, 0.1) is 0 Å². The third-order valence-electron chi connectivity index (χ3n) is 2.66. The van der Waals surface area contributed by atoms with E-state index in [-0.39, 0.29) is 0 Å². The number of hydrogen-bond acceptors (Lipinski definition) is 3. The SMILES string of the molecule is c1cnc2c(c1)NCC1(CC1)N2. The molecule has 1 aliphatic carbocycles. The zero-order valence-corrected chi connectivity index (χ0v) is 6.80. The van der Waals surface area contributed by atoms with Crippen LogP contribution in [-0.2, 0) is 0 Å². The second-order valence-electron chi connectivity index (χ2n) is 3.66. The van der Waals surface area contributed by atoms with Crippen LogP contribution in [0.3, 0.4) is 0 Å². The van der Waals surface area contributed by atoms with Crippen molar-refractivity contribution in [2.45, 2.75) is 18.4 Å². The third kappa shape index (κ3) is 0.793. The second-order valence-corrected chi connectivity index (χ2v) is 3.66. The molecule has 1 aromatic heterocycles. The molecule has 2 N–H and O–H groups in total. The van der Waals surface area contributed by atoms with Crippen LogP contribution in [0.25, 0.3) is 0 Å². The molecule has 3 nitrogen and oxygen atoms in total. The van der Waals surface area contributed by atoms with Crippen molar-refractivity contribution in [2.75, 3.05) is 17.2 Å². The number of rotatable bonds is 0. The van der Waals surface area contributed by atoms with Crippen LogP contribution in [0.15, 0.2) is 18.3 Å². The first-order chi connectivity index (χ1) is 5.88. The van der Waals surface area contributed by atoms with Crippen LogP contribution in [0.1, 0.15) is 12.8 Å². The highest BCUT2D eigenvalue weighted by atomic mass is 15.2. The molecule has 1 aromatic rings. The van der Waals surface area contributed by atoms with E-state index in [1.54, 1.807) is 0 Å². The Balaban J connectivity index is 2.01. The van der Waals surface area contributed by atoms with Gasteiger partial charge in [-0.25, -0.2) is 4.98 Å². The van der Waals surface area contributed by atoms with E-state index in [0.717, 1.165) is 18.1 Å². The van der Waals surface area contributed by atoms with Crippen LogP contribution in [0.5, 0.6) is 0 Å². The first kappa shape index (κ1) is 6.29. The Morgan fingerprint density at radius 1 is 1.42 bits per heavy atom. The summed E-state index contributed by atoms with van der Waals surface area (Å²) in [5, 5.41) is 6.86. The van der Waals surface area contributed by atoms with Gasteiger partial charge in [-0.3, -0.25) is 0 Å². The number of pyridine rings is 1. The van der Waals surface area contributed by atoms with Gasteiger partial charge in [0.15, 0.2) is 0 Å². The van der Waals surface area contributed by atoms with Crippen molar-refractivity contribution < 1.29 is 0 Å². The van der Waals surface area contributed by atoms with Crippen LogP contribution < -0.4 is 10.6 Å². The van der Waals surface area contributed by atoms with Gasteiger partial charge in [0.1, 0.15) is 5.82 Å². The fourth-order valence-electron chi connectivity index (χ4n) is 1.66. The van der Waals surface area contributed by atoms with Crippen molar-refractivity contribution in [1.29, 1.82) is 0 Å². The molecule has 0 bridgehead atoms. The molecule has 62 valence electrons. The van der Waals surface area contributed by atoms with E-state index in [4.69, 9.17) is 0 Å². The van der Waals surface area contributed by atoms with Crippen LogP contribution in [0.4, 0.5) is 11.5 Å². The maximum absolute atomic E-state index is 4.28. The molecule has 0 saturated heterocycles. The van der Waals surface area contributed by atoms with E-state index in [0.29, 0.717) is 5.54 Å². The topological polar surface area (TPSA) is 37.0 Å². The van der Waals surface area contributed by atoms with Crippen LogP contribution in [-0.4, -0.2) is 17.1 Å². The first-order valence-electron chi connectivity index (χ1n) is 4.35. The minimum absolute atomic E-state index is 0.349. The van der Waals surface area contributed by atoms with Crippen molar-refractivity contribution in [3.05, 3.63) is 18.3 Å². The minimum Gasteiger partial charge on any atom is -0.380 e. The third-order valence-corrected chi connectivity index (χ3v) is 2.66. The molecule has 0 aromatic carbocycles. The van der Waals surface area contributed by atoms with E-state index in [9.17, 15) is 0 Å². The quantitative estimate of drug-likeness (QED) is 0.604. The molecule has 1 fully saturated rings. The summed E-state index contributed by atoms with van der Waals surface area (Å²) in [6, 6.07) is 4.02. The van der Waals surface area contributed by atoms with Gasteiger partial charge in [0.2, 0.25) is 0 Å². The Kier molecular flexibility index (Phi) is 1.00. The zero-order chi connectivity index (χ0) is 8.02. The largest absolute Gasteiger partial charge is 0.380 e. The number of nitrogens with one attached hydrogen (secondary N) is 2. The average Bonchev–Trinajstić information content (AvgIpc) is 2.85. The molecular weight excluding hydrogens is 150 g/mol. The molecule has 3 heteroatoms. The summed E-state index contributed by atoms with van der Waals surface area (Å²) < 4.78 is 0. The summed E-state index contributed by atoms with van der Waals surface area (Å²) in [5.41, 5.74) is 1.48. The van der Waals surface area contributed by atoms with Crippen molar-refractivity contribution in [2.24, 2.45) is 0 Å². The average molecular weight is 161 g/mol. The molecule has 0 amide bonds. The molecule has 12 heavy (non-hydrogen) atoms. The number of fused-ring (bicyclic) bond motifs is 1.